The van der Waals surface area contributed by atoms with Crippen molar-refractivity contribution in [3.8, 4) is 35.4 Å². The number of nitrogens with one attached hydrogen (secondary N) is 2. The van der Waals surface area contributed by atoms with Crippen molar-refractivity contribution in [2.24, 2.45) is 0 Å². The Morgan fingerprint density at radius 1 is 1.19 bits per heavy atom. The van der Waals surface area contributed by atoms with Crippen molar-refractivity contribution in [2.75, 3.05) is 44.7 Å². The molecule has 0 spiro atoms. The van der Waals surface area contributed by atoms with Crippen LogP contribution >= 0.6 is 0 Å². The van der Waals surface area contributed by atoms with Gasteiger partial charge in [0.25, 0.3) is 0 Å². The van der Waals surface area contributed by atoms with Gasteiger partial charge in [0.15, 0.2) is 5.82 Å². The van der Waals surface area contributed by atoms with Crippen molar-refractivity contribution in [1.29, 1.82) is 0 Å². The second-order valence-corrected chi connectivity index (χ2v) is 12.9. The smallest absolute Gasteiger partial charge is 0.319 e. The number of halogens is 2. The molecule has 2 aromatic heterocycles. The van der Waals surface area contributed by atoms with Crippen LogP contribution < -0.4 is 15.4 Å². The number of hydrogen-bond donors (Lipinski definition) is 3. The van der Waals surface area contributed by atoms with Gasteiger partial charge in [0.05, 0.1) is 22.6 Å². The number of rotatable bonds is 12. The van der Waals surface area contributed by atoms with Gasteiger partial charge in [0.2, 0.25) is 0 Å². The molecule has 4 aromatic rings. The van der Waals surface area contributed by atoms with Crippen LogP contribution in [0.2, 0.25) is 0 Å². The topological polar surface area (TPSA) is 105 Å². The summed E-state index contributed by atoms with van der Waals surface area (Å²) in [4.78, 5) is 16.2. The zero-order valence-electron chi connectivity index (χ0n) is 26.6. The summed E-state index contributed by atoms with van der Waals surface area (Å²) in [6.07, 6.45) is 14.9. The Labute approximate surface area is 273 Å². The van der Waals surface area contributed by atoms with E-state index in [9.17, 15) is 9.50 Å². The molecule has 0 amide bonds. The summed E-state index contributed by atoms with van der Waals surface area (Å²) in [6.45, 7) is 6.65. The zero-order chi connectivity index (χ0) is 32.5. The molecule has 0 aliphatic carbocycles. The second-order valence-electron chi connectivity index (χ2n) is 12.9. The van der Waals surface area contributed by atoms with Gasteiger partial charge in [-0.25, -0.2) is 8.78 Å². The summed E-state index contributed by atoms with van der Waals surface area (Å²) >= 11 is 0. The van der Waals surface area contributed by atoms with Gasteiger partial charge in [-0.3, -0.25) is 9.88 Å². The number of phenolic OH excluding ortho intramolecular Hbond substituents is 1. The SMILES string of the molecule is C#Cc1c(F)ccc2cc(O)cc(-c3ncc4c(NCCNC(CCC)C5CCO5)nc(OCC56CCCN5CCC6)nc4c3F)c12. The largest absolute Gasteiger partial charge is 0.508 e. The number of pyridine rings is 1. The van der Waals surface area contributed by atoms with Gasteiger partial charge in [-0.15, -0.1) is 6.42 Å². The van der Waals surface area contributed by atoms with Crippen molar-refractivity contribution in [3.63, 3.8) is 0 Å². The highest BCUT2D eigenvalue weighted by Crippen LogP contribution is 2.40. The van der Waals surface area contributed by atoms with Crippen molar-refractivity contribution in [2.45, 2.75) is 69.6 Å². The molecule has 2 atom stereocenters. The maximum atomic E-state index is 16.7. The molecular formula is C36H40F2N6O3. The first kappa shape index (κ1) is 31.5. The average Bonchev–Trinajstić information content (AvgIpc) is 3.62. The third-order valence-electron chi connectivity index (χ3n) is 10.0. The van der Waals surface area contributed by atoms with E-state index in [1.54, 1.807) is 0 Å². The van der Waals surface area contributed by atoms with E-state index < -0.39 is 11.6 Å². The van der Waals surface area contributed by atoms with Crippen LogP contribution in [0.1, 0.15) is 57.4 Å². The Morgan fingerprint density at radius 2 is 2.00 bits per heavy atom. The maximum Gasteiger partial charge on any atom is 0.319 e. The molecule has 0 radical (unpaired) electrons. The Kier molecular flexibility index (Phi) is 8.83. The van der Waals surface area contributed by atoms with Crippen molar-refractivity contribution >= 4 is 27.5 Å². The molecule has 3 saturated heterocycles. The fraction of sp³-hybridized carbons (Fsp3) is 0.472. The molecule has 11 heteroatoms. The summed E-state index contributed by atoms with van der Waals surface area (Å²) in [7, 11) is 0. The molecule has 246 valence electrons. The average molecular weight is 643 g/mol. The molecule has 3 aliphatic rings. The zero-order valence-corrected chi connectivity index (χ0v) is 26.6. The number of aromatic nitrogens is 3. The lowest BCUT2D eigenvalue weighted by Crippen LogP contribution is -2.48. The van der Waals surface area contributed by atoms with Gasteiger partial charge >= 0.3 is 6.01 Å². The minimum atomic E-state index is -0.748. The lowest BCUT2D eigenvalue weighted by atomic mass is 9.95. The van der Waals surface area contributed by atoms with Crippen LogP contribution in [0, 0.1) is 24.0 Å². The number of hydrogen-bond acceptors (Lipinski definition) is 9. The summed E-state index contributed by atoms with van der Waals surface area (Å²) in [6, 6.07) is 5.87. The van der Waals surface area contributed by atoms with Crippen LogP contribution in [0.5, 0.6) is 11.8 Å². The van der Waals surface area contributed by atoms with E-state index in [0.717, 1.165) is 64.6 Å². The number of anilines is 1. The lowest BCUT2D eigenvalue weighted by Gasteiger charge is -2.34. The Balaban J connectivity index is 1.25. The minimum Gasteiger partial charge on any atom is -0.508 e. The number of aromatic hydroxyl groups is 1. The molecule has 5 heterocycles. The molecule has 0 saturated carbocycles. The van der Waals surface area contributed by atoms with E-state index in [2.05, 4.69) is 38.3 Å². The standard InChI is InChI=1S/C36H40F2N6O3/c1-3-7-28(29-10-17-46-29)39-13-14-40-34-26-20-41-32(25-19-23(45)18-22-8-9-27(37)24(4-2)30(22)25)31(38)33(26)42-35(43-34)47-21-36-11-5-15-44(36)16-6-12-36/h2,8-9,18-20,28-29,39,45H,3,5-7,10-17,21H2,1H3,(H,40,42,43). The van der Waals surface area contributed by atoms with Gasteiger partial charge in [0.1, 0.15) is 35.2 Å². The lowest BCUT2D eigenvalue weighted by molar-refractivity contribution is -0.0725. The van der Waals surface area contributed by atoms with Gasteiger partial charge in [-0.1, -0.05) is 25.3 Å². The first-order chi connectivity index (χ1) is 22.9. The van der Waals surface area contributed by atoms with E-state index in [1.165, 1.54) is 30.5 Å². The summed E-state index contributed by atoms with van der Waals surface area (Å²) in [5, 5.41) is 18.6. The number of terminal acetylenes is 1. The second kappa shape index (κ2) is 13.2. The van der Waals surface area contributed by atoms with Gasteiger partial charge in [0, 0.05) is 42.9 Å². The molecule has 3 aliphatic heterocycles. The molecule has 47 heavy (non-hydrogen) atoms. The quantitative estimate of drug-likeness (QED) is 0.131. The number of ether oxygens (including phenoxy) is 2. The van der Waals surface area contributed by atoms with E-state index in [1.807, 2.05) is 0 Å². The van der Waals surface area contributed by atoms with Crippen LogP contribution in [0.25, 0.3) is 32.9 Å². The monoisotopic (exact) mass is 642 g/mol. The van der Waals surface area contributed by atoms with E-state index in [-0.39, 0.29) is 57.2 Å². The van der Waals surface area contributed by atoms with Crippen LogP contribution in [0.3, 0.4) is 0 Å². The van der Waals surface area contributed by atoms with Crippen LogP contribution in [-0.4, -0.2) is 82.0 Å². The van der Waals surface area contributed by atoms with Gasteiger partial charge < -0.3 is 25.2 Å². The third-order valence-corrected chi connectivity index (χ3v) is 10.0. The van der Waals surface area contributed by atoms with Crippen LogP contribution in [0.4, 0.5) is 14.6 Å². The predicted octanol–water partition coefficient (Wildman–Crippen LogP) is 5.78. The normalized spacial score (nSPS) is 19.4. The molecular weight excluding hydrogens is 602 g/mol. The summed E-state index contributed by atoms with van der Waals surface area (Å²) in [5.41, 5.74) is -0.0305. The number of benzene rings is 2. The maximum absolute atomic E-state index is 16.7. The summed E-state index contributed by atoms with van der Waals surface area (Å²) < 4.78 is 43.5. The predicted molar refractivity (Wildman–Crippen MR) is 178 cm³/mol. The minimum absolute atomic E-state index is 0.00420. The number of fused-ring (bicyclic) bond motifs is 3. The van der Waals surface area contributed by atoms with Gasteiger partial charge in [-0.2, -0.15) is 9.97 Å². The molecule has 2 aromatic carbocycles. The Hall–Kier alpha value is -4.11. The van der Waals surface area contributed by atoms with E-state index in [0.29, 0.717) is 36.3 Å². The van der Waals surface area contributed by atoms with Crippen LogP contribution in [-0.2, 0) is 4.74 Å². The molecule has 9 nitrogen and oxygen atoms in total. The first-order valence-electron chi connectivity index (χ1n) is 16.7. The molecule has 7 rings (SSSR count). The molecule has 3 N–H and O–H groups in total. The molecule has 2 unspecified atom stereocenters. The number of phenols is 1. The van der Waals surface area contributed by atoms with Gasteiger partial charge in [-0.05, 0) is 75.2 Å². The van der Waals surface area contributed by atoms with Crippen molar-refractivity contribution < 1.29 is 23.4 Å². The van der Waals surface area contributed by atoms with E-state index in [4.69, 9.17) is 20.9 Å². The van der Waals surface area contributed by atoms with E-state index >= 15 is 4.39 Å². The fourth-order valence-electron chi connectivity index (χ4n) is 7.58. The Morgan fingerprint density at radius 3 is 2.72 bits per heavy atom. The fourth-order valence-corrected chi connectivity index (χ4v) is 7.58. The molecule has 3 fully saturated rings. The van der Waals surface area contributed by atoms with Crippen molar-refractivity contribution in [1.82, 2.24) is 25.2 Å². The van der Waals surface area contributed by atoms with Crippen LogP contribution in [0.15, 0.2) is 30.5 Å². The third kappa shape index (κ3) is 5.94. The highest BCUT2D eigenvalue weighted by Gasteiger charge is 2.45. The Bertz CT molecular complexity index is 1830. The van der Waals surface area contributed by atoms with Crippen molar-refractivity contribution in [3.05, 3.63) is 47.7 Å². The highest BCUT2D eigenvalue weighted by atomic mass is 19.1. The molecule has 0 bridgehead atoms. The highest BCUT2D eigenvalue weighted by molar-refractivity contribution is 6.02. The number of nitrogens with zero attached hydrogens (tertiary/aromatic N) is 4. The summed E-state index contributed by atoms with van der Waals surface area (Å²) in [5.74, 6) is 1.29. The first-order valence-corrected chi connectivity index (χ1v) is 16.7.